The van der Waals surface area contributed by atoms with E-state index in [1.807, 2.05) is 0 Å². The summed E-state index contributed by atoms with van der Waals surface area (Å²) in [4.78, 5) is 7.70. The van der Waals surface area contributed by atoms with Crippen molar-refractivity contribution in [3.05, 3.63) is 36.5 Å². The lowest BCUT2D eigenvalue weighted by atomic mass is 10.3. The van der Waals surface area contributed by atoms with Crippen LogP contribution in [-0.4, -0.2) is 30.3 Å². The molecule has 1 aromatic heterocycles. The number of nitrogens with one attached hydrogen (secondary N) is 1. The molecule has 8 heteroatoms. The molecule has 0 spiro atoms. The molecule has 0 atom stereocenters. The van der Waals surface area contributed by atoms with Crippen molar-refractivity contribution in [3.8, 4) is 5.88 Å². The molecule has 0 aliphatic heterocycles. The highest BCUT2D eigenvalue weighted by molar-refractivity contribution is 5.77. The maximum atomic E-state index is 12.0. The quantitative estimate of drug-likeness (QED) is 0.474. The summed E-state index contributed by atoms with van der Waals surface area (Å²) >= 11 is 0. The third-order valence-electron chi connectivity index (χ3n) is 2.04. The van der Waals surface area contributed by atoms with E-state index in [1.54, 1.807) is 12.1 Å². The number of nitrogens with zero attached hydrogens (tertiary/aromatic N) is 2. The minimum absolute atomic E-state index is 0.104. The number of guanidine groups is 1. The van der Waals surface area contributed by atoms with Crippen molar-refractivity contribution < 1.29 is 17.9 Å². The predicted octanol–water partition coefficient (Wildman–Crippen LogP) is 1.61. The van der Waals surface area contributed by atoms with Gasteiger partial charge in [0.05, 0.1) is 6.54 Å². The Morgan fingerprint density at radius 1 is 1.55 bits per heavy atom. The Hall–Kier alpha value is -2.25. The molecule has 0 saturated heterocycles. The highest BCUT2D eigenvalue weighted by Crippen LogP contribution is 2.17. The smallest absolute Gasteiger partial charge is 0.422 e. The van der Waals surface area contributed by atoms with Gasteiger partial charge >= 0.3 is 6.18 Å². The largest absolute Gasteiger partial charge is 0.468 e. The molecule has 0 radical (unpaired) electrons. The average Bonchev–Trinajstić information content (AvgIpc) is 2.40. The van der Waals surface area contributed by atoms with E-state index in [9.17, 15) is 13.2 Å². The zero-order chi connectivity index (χ0) is 15.0. The molecule has 20 heavy (non-hydrogen) atoms. The summed E-state index contributed by atoms with van der Waals surface area (Å²) in [5, 5.41) is 2.78. The van der Waals surface area contributed by atoms with Crippen molar-refractivity contribution in [1.29, 1.82) is 0 Å². The lowest BCUT2D eigenvalue weighted by Crippen LogP contribution is -2.31. The van der Waals surface area contributed by atoms with Crippen molar-refractivity contribution in [1.82, 2.24) is 10.3 Å². The lowest BCUT2D eigenvalue weighted by molar-refractivity contribution is -0.154. The molecule has 0 amide bonds. The first-order chi connectivity index (χ1) is 9.40. The summed E-state index contributed by atoms with van der Waals surface area (Å²) in [5.41, 5.74) is 6.20. The SMILES string of the molecule is C=CCNC(N)=NCc1ccnc(OCC(F)(F)F)c1. The second-order valence-corrected chi connectivity index (χ2v) is 3.78. The van der Waals surface area contributed by atoms with E-state index in [4.69, 9.17) is 5.73 Å². The summed E-state index contributed by atoms with van der Waals surface area (Å²) in [7, 11) is 0. The molecular formula is C12H15F3N4O. The first-order valence-corrected chi connectivity index (χ1v) is 5.70. The van der Waals surface area contributed by atoms with Gasteiger partial charge in [0, 0.05) is 18.8 Å². The molecule has 1 heterocycles. The minimum atomic E-state index is -4.39. The van der Waals surface area contributed by atoms with Gasteiger partial charge in [-0.05, 0) is 11.6 Å². The first kappa shape index (κ1) is 15.8. The van der Waals surface area contributed by atoms with E-state index < -0.39 is 12.8 Å². The molecule has 1 aromatic rings. The maximum absolute atomic E-state index is 12.0. The van der Waals surface area contributed by atoms with Gasteiger partial charge in [0.2, 0.25) is 5.88 Å². The second-order valence-electron chi connectivity index (χ2n) is 3.78. The molecule has 0 aliphatic rings. The van der Waals surface area contributed by atoms with Crippen molar-refractivity contribution in [2.45, 2.75) is 12.7 Å². The van der Waals surface area contributed by atoms with Gasteiger partial charge in [-0.3, -0.25) is 0 Å². The molecule has 0 aliphatic carbocycles. The maximum Gasteiger partial charge on any atom is 0.422 e. The fraction of sp³-hybridized carbons (Fsp3) is 0.333. The summed E-state index contributed by atoms with van der Waals surface area (Å²) in [6.07, 6.45) is -1.42. The molecule has 0 fully saturated rings. The van der Waals surface area contributed by atoms with Crippen molar-refractivity contribution >= 4 is 5.96 Å². The standard InChI is InChI=1S/C12H15F3N4O/c1-2-4-18-11(16)19-7-9-3-5-17-10(6-9)20-8-12(13,14)15/h2-3,5-6H,1,4,7-8H2,(H3,16,18,19). The zero-order valence-electron chi connectivity index (χ0n) is 10.7. The topological polar surface area (TPSA) is 72.5 Å². The number of ether oxygens (including phenoxy) is 1. The van der Waals surface area contributed by atoms with Crippen LogP contribution >= 0.6 is 0 Å². The number of hydrogen-bond acceptors (Lipinski definition) is 3. The van der Waals surface area contributed by atoms with Crippen LogP contribution in [0.1, 0.15) is 5.56 Å². The van der Waals surface area contributed by atoms with Gasteiger partial charge in [-0.25, -0.2) is 9.98 Å². The molecule has 1 rings (SSSR count). The van der Waals surface area contributed by atoms with Crippen LogP contribution < -0.4 is 15.8 Å². The molecular weight excluding hydrogens is 273 g/mol. The highest BCUT2D eigenvalue weighted by atomic mass is 19.4. The van der Waals surface area contributed by atoms with Crippen LogP contribution in [0, 0.1) is 0 Å². The molecule has 0 aromatic carbocycles. The van der Waals surface area contributed by atoms with Crippen LogP contribution in [0.5, 0.6) is 5.88 Å². The number of rotatable bonds is 6. The number of hydrogen-bond donors (Lipinski definition) is 2. The van der Waals surface area contributed by atoms with E-state index in [-0.39, 0.29) is 18.4 Å². The van der Waals surface area contributed by atoms with Crippen LogP contribution in [0.2, 0.25) is 0 Å². The summed E-state index contributed by atoms with van der Waals surface area (Å²) in [6, 6.07) is 3.00. The molecule has 5 nitrogen and oxygen atoms in total. The number of aliphatic imine (C=N–C) groups is 1. The molecule has 3 N–H and O–H groups in total. The van der Waals surface area contributed by atoms with Crippen molar-refractivity contribution in [2.75, 3.05) is 13.2 Å². The number of halogens is 3. The summed E-state index contributed by atoms with van der Waals surface area (Å²) < 4.78 is 40.6. The third-order valence-corrected chi connectivity index (χ3v) is 2.04. The van der Waals surface area contributed by atoms with Crippen molar-refractivity contribution in [2.24, 2.45) is 10.7 Å². The van der Waals surface area contributed by atoms with Gasteiger partial charge in [-0.15, -0.1) is 6.58 Å². The molecule has 0 saturated carbocycles. The van der Waals surface area contributed by atoms with Crippen LogP contribution in [0.25, 0.3) is 0 Å². The van der Waals surface area contributed by atoms with Gasteiger partial charge in [0.15, 0.2) is 12.6 Å². The van der Waals surface area contributed by atoms with Gasteiger partial charge in [-0.2, -0.15) is 13.2 Å². The Balaban J connectivity index is 2.57. The number of nitrogens with two attached hydrogens (primary N) is 1. The fourth-order valence-electron chi connectivity index (χ4n) is 1.19. The molecule has 0 unspecified atom stereocenters. The molecule has 0 bridgehead atoms. The van der Waals surface area contributed by atoms with Gasteiger partial charge in [0.1, 0.15) is 0 Å². The number of alkyl halides is 3. The Morgan fingerprint density at radius 2 is 2.30 bits per heavy atom. The number of pyridine rings is 1. The number of aromatic nitrogens is 1. The van der Waals surface area contributed by atoms with E-state index in [2.05, 4.69) is 26.6 Å². The third kappa shape index (κ3) is 6.62. The monoisotopic (exact) mass is 288 g/mol. The normalized spacial score (nSPS) is 12.1. The van der Waals surface area contributed by atoms with E-state index in [1.165, 1.54) is 12.3 Å². The van der Waals surface area contributed by atoms with E-state index >= 15 is 0 Å². The minimum Gasteiger partial charge on any atom is -0.468 e. The van der Waals surface area contributed by atoms with Crippen LogP contribution in [0.4, 0.5) is 13.2 Å². The lowest BCUT2D eigenvalue weighted by Gasteiger charge is -2.08. The fourth-order valence-corrected chi connectivity index (χ4v) is 1.19. The Kier molecular flexibility index (Phi) is 5.82. The zero-order valence-corrected chi connectivity index (χ0v) is 10.7. The summed E-state index contributed by atoms with van der Waals surface area (Å²) in [6.45, 7) is 2.82. The highest BCUT2D eigenvalue weighted by Gasteiger charge is 2.28. The van der Waals surface area contributed by atoms with Gasteiger partial charge in [-0.1, -0.05) is 6.08 Å². The first-order valence-electron chi connectivity index (χ1n) is 5.70. The van der Waals surface area contributed by atoms with Crippen LogP contribution in [0.15, 0.2) is 36.0 Å². The Bertz CT molecular complexity index is 474. The van der Waals surface area contributed by atoms with Crippen LogP contribution in [0.3, 0.4) is 0 Å². The Labute approximate surface area is 114 Å². The van der Waals surface area contributed by atoms with Crippen molar-refractivity contribution in [3.63, 3.8) is 0 Å². The van der Waals surface area contributed by atoms with Crippen LogP contribution in [-0.2, 0) is 6.54 Å². The predicted molar refractivity (Wildman–Crippen MR) is 69.3 cm³/mol. The Morgan fingerprint density at radius 3 is 2.95 bits per heavy atom. The van der Waals surface area contributed by atoms with Gasteiger partial charge < -0.3 is 15.8 Å². The average molecular weight is 288 g/mol. The second kappa shape index (κ2) is 7.37. The van der Waals surface area contributed by atoms with E-state index in [0.29, 0.717) is 12.1 Å². The molecule has 110 valence electrons. The summed E-state index contributed by atoms with van der Waals surface area (Å²) in [5.74, 6) is 0.118. The van der Waals surface area contributed by atoms with E-state index in [0.717, 1.165) is 0 Å². The van der Waals surface area contributed by atoms with Gasteiger partial charge in [0.25, 0.3) is 0 Å².